The Kier molecular flexibility index (Phi) is 4.56. The van der Waals surface area contributed by atoms with Crippen LogP contribution >= 0.6 is 23.2 Å². The third-order valence-corrected chi connectivity index (χ3v) is 1.18. The molecule has 0 saturated carbocycles. The summed E-state index contributed by atoms with van der Waals surface area (Å²) in [4.78, 5) is 9.59. The maximum Gasteiger partial charge on any atom is 0.404 e. The van der Waals surface area contributed by atoms with Gasteiger partial charge in [-0.3, -0.25) is 0 Å². The second-order valence-electron chi connectivity index (χ2n) is 1.87. The highest BCUT2D eigenvalue weighted by Crippen LogP contribution is 2.11. The van der Waals surface area contributed by atoms with Crippen LogP contribution in [0.1, 0.15) is 13.3 Å². The summed E-state index contributed by atoms with van der Waals surface area (Å²) in [6.07, 6.45) is -0.731. The molecule has 60 valence electrons. The van der Waals surface area contributed by atoms with E-state index in [2.05, 4.69) is 4.74 Å². The first-order valence-corrected chi connectivity index (χ1v) is 3.64. The number of halogens is 2. The Morgan fingerprint density at radius 2 is 2.20 bits per heavy atom. The van der Waals surface area contributed by atoms with Gasteiger partial charge in [0.1, 0.15) is 10.9 Å². The summed E-state index contributed by atoms with van der Waals surface area (Å²) >= 11 is 10.8. The number of hydrogen-bond acceptors (Lipinski definition) is 2. The summed E-state index contributed by atoms with van der Waals surface area (Å²) in [6.45, 7) is 1.67. The van der Waals surface area contributed by atoms with Crippen LogP contribution in [0.4, 0.5) is 4.79 Å². The van der Waals surface area contributed by atoms with E-state index in [9.17, 15) is 4.79 Å². The predicted molar refractivity (Wildman–Crippen MR) is 40.2 cm³/mol. The first-order valence-electron chi connectivity index (χ1n) is 2.76. The van der Waals surface area contributed by atoms with Crippen LogP contribution in [0.15, 0.2) is 0 Å². The molecule has 1 amide bonds. The SMILES string of the molecule is CC(CC(Cl)Cl)OC(N)=O. The largest absolute Gasteiger partial charge is 0.447 e. The monoisotopic (exact) mass is 185 g/mol. The highest BCUT2D eigenvalue weighted by atomic mass is 35.5. The van der Waals surface area contributed by atoms with Gasteiger partial charge in [-0.1, -0.05) is 0 Å². The van der Waals surface area contributed by atoms with Gasteiger partial charge in [0.2, 0.25) is 0 Å². The molecular weight excluding hydrogens is 177 g/mol. The standard InChI is InChI=1S/C5H9Cl2NO2/c1-3(2-4(6)7)10-5(8)9/h3-4H,2H2,1H3,(H2,8,9). The van der Waals surface area contributed by atoms with E-state index in [4.69, 9.17) is 28.9 Å². The van der Waals surface area contributed by atoms with Crippen molar-refractivity contribution < 1.29 is 9.53 Å². The van der Waals surface area contributed by atoms with Crippen molar-refractivity contribution in [2.75, 3.05) is 0 Å². The molecule has 0 aliphatic heterocycles. The Morgan fingerprint density at radius 3 is 2.50 bits per heavy atom. The van der Waals surface area contributed by atoms with E-state index >= 15 is 0 Å². The number of hydrogen-bond donors (Lipinski definition) is 1. The van der Waals surface area contributed by atoms with E-state index < -0.39 is 10.9 Å². The number of primary amides is 1. The van der Waals surface area contributed by atoms with Gasteiger partial charge in [0, 0.05) is 6.42 Å². The van der Waals surface area contributed by atoms with Crippen LogP contribution in [0.3, 0.4) is 0 Å². The maximum absolute atomic E-state index is 10.1. The van der Waals surface area contributed by atoms with Gasteiger partial charge in [-0.05, 0) is 6.92 Å². The Morgan fingerprint density at radius 1 is 1.70 bits per heavy atom. The highest BCUT2D eigenvalue weighted by molar-refractivity contribution is 6.44. The number of amides is 1. The zero-order valence-corrected chi connectivity index (χ0v) is 7.02. The van der Waals surface area contributed by atoms with Crippen molar-refractivity contribution in [1.29, 1.82) is 0 Å². The number of carbonyl (C=O) groups excluding carboxylic acids is 1. The molecule has 0 aromatic heterocycles. The number of rotatable bonds is 3. The normalized spacial score (nSPS) is 13.2. The number of carbonyl (C=O) groups is 1. The van der Waals surface area contributed by atoms with Crippen molar-refractivity contribution in [2.24, 2.45) is 5.73 Å². The van der Waals surface area contributed by atoms with E-state index in [0.29, 0.717) is 6.42 Å². The van der Waals surface area contributed by atoms with Crippen LogP contribution in [0.25, 0.3) is 0 Å². The summed E-state index contributed by atoms with van der Waals surface area (Å²) in [6, 6.07) is 0. The lowest BCUT2D eigenvalue weighted by atomic mass is 10.3. The molecule has 10 heavy (non-hydrogen) atoms. The minimum Gasteiger partial charge on any atom is -0.447 e. The van der Waals surface area contributed by atoms with Crippen molar-refractivity contribution in [3.63, 3.8) is 0 Å². The van der Waals surface area contributed by atoms with Gasteiger partial charge in [-0.15, -0.1) is 23.2 Å². The molecule has 1 atom stereocenters. The van der Waals surface area contributed by atoms with E-state index in [-0.39, 0.29) is 6.10 Å². The Balaban J connectivity index is 3.43. The molecule has 0 bridgehead atoms. The fourth-order valence-corrected chi connectivity index (χ4v) is 0.999. The predicted octanol–water partition coefficient (Wildman–Crippen LogP) is 1.66. The Labute approximate surface area is 69.4 Å². The summed E-state index contributed by atoms with van der Waals surface area (Å²) in [7, 11) is 0. The van der Waals surface area contributed by atoms with Crippen LogP contribution in [-0.2, 0) is 4.74 Å². The molecule has 3 nitrogen and oxygen atoms in total. The van der Waals surface area contributed by atoms with Crippen LogP contribution in [0, 0.1) is 0 Å². The molecule has 0 heterocycles. The van der Waals surface area contributed by atoms with Gasteiger partial charge in [0.25, 0.3) is 0 Å². The Hall–Kier alpha value is -0.150. The highest BCUT2D eigenvalue weighted by Gasteiger charge is 2.09. The summed E-state index contributed by atoms with van der Waals surface area (Å²) < 4.78 is 4.53. The molecule has 2 N–H and O–H groups in total. The molecule has 1 unspecified atom stereocenters. The maximum atomic E-state index is 10.1. The summed E-state index contributed by atoms with van der Waals surface area (Å²) in [5, 5.41) is 0. The first-order chi connectivity index (χ1) is 4.52. The van der Waals surface area contributed by atoms with Gasteiger partial charge < -0.3 is 10.5 Å². The smallest absolute Gasteiger partial charge is 0.404 e. The fourth-order valence-electron chi connectivity index (χ4n) is 0.497. The minimum absolute atomic E-state index is 0.322. The minimum atomic E-state index is -0.804. The number of ether oxygens (including phenoxy) is 1. The zero-order chi connectivity index (χ0) is 8.15. The van der Waals surface area contributed by atoms with E-state index in [0.717, 1.165) is 0 Å². The van der Waals surface area contributed by atoms with Crippen molar-refractivity contribution in [3.8, 4) is 0 Å². The molecule has 0 aromatic carbocycles. The van der Waals surface area contributed by atoms with Crippen LogP contribution < -0.4 is 5.73 Å². The Bertz CT molecular complexity index is 118. The number of alkyl halides is 2. The average molecular weight is 186 g/mol. The lowest BCUT2D eigenvalue weighted by Crippen LogP contribution is -2.21. The van der Waals surface area contributed by atoms with Gasteiger partial charge in [0.15, 0.2) is 0 Å². The molecule has 0 fully saturated rings. The second kappa shape index (κ2) is 4.63. The molecule has 0 aliphatic carbocycles. The zero-order valence-electron chi connectivity index (χ0n) is 5.51. The van der Waals surface area contributed by atoms with Crippen LogP contribution in [0.2, 0.25) is 0 Å². The molecular formula is C5H9Cl2NO2. The lowest BCUT2D eigenvalue weighted by Gasteiger charge is -2.10. The van der Waals surface area contributed by atoms with Gasteiger partial charge >= 0.3 is 6.09 Å². The van der Waals surface area contributed by atoms with Crippen molar-refractivity contribution >= 4 is 29.3 Å². The average Bonchev–Trinajstić information content (AvgIpc) is 1.58. The van der Waals surface area contributed by atoms with Crippen molar-refractivity contribution in [2.45, 2.75) is 24.3 Å². The van der Waals surface area contributed by atoms with Crippen LogP contribution in [0.5, 0.6) is 0 Å². The lowest BCUT2D eigenvalue weighted by molar-refractivity contribution is 0.113. The molecule has 5 heteroatoms. The molecule has 0 aromatic rings. The molecule has 0 rings (SSSR count). The fraction of sp³-hybridized carbons (Fsp3) is 0.800. The topological polar surface area (TPSA) is 52.3 Å². The van der Waals surface area contributed by atoms with Crippen molar-refractivity contribution in [3.05, 3.63) is 0 Å². The van der Waals surface area contributed by atoms with Gasteiger partial charge in [0.05, 0.1) is 0 Å². The van der Waals surface area contributed by atoms with E-state index in [1.807, 2.05) is 0 Å². The third-order valence-electron chi connectivity index (χ3n) is 0.827. The number of nitrogens with two attached hydrogens (primary N) is 1. The van der Waals surface area contributed by atoms with E-state index in [1.54, 1.807) is 6.92 Å². The summed E-state index contributed by atoms with van der Waals surface area (Å²) in [5.41, 5.74) is 4.72. The van der Waals surface area contributed by atoms with Crippen LogP contribution in [-0.4, -0.2) is 17.0 Å². The molecule has 0 aliphatic rings. The van der Waals surface area contributed by atoms with E-state index in [1.165, 1.54) is 0 Å². The quantitative estimate of drug-likeness (QED) is 0.681. The summed E-state index contributed by atoms with van der Waals surface area (Å²) in [5.74, 6) is 0. The van der Waals surface area contributed by atoms with Gasteiger partial charge in [-0.2, -0.15) is 0 Å². The van der Waals surface area contributed by atoms with Gasteiger partial charge in [-0.25, -0.2) is 4.79 Å². The molecule has 0 spiro atoms. The van der Waals surface area contributed by atoms with Crippen molar-refractivity contribution in [1.82, 2.24) is 0 Å². The molecule has 0 radical (unpaired) electrons. The third kappa shape index (κ3) is 5.98. The molecule has 0 saturated heterocycles. The first kappa shape index (κ1) is 9.85. The second-order valence-corrected chi connectivity index (χ2v) is 3.15.